The van der Waals surface area contributed by atoms with Gasteiger partial charge in [-0.15, -0.1) is 0 Å². The van der Waals surface area contributed by atoms with Crippen LogP contribution in [0.4, 0.5) is 17.6 Å². The molecule has 2 atom stereocenters. The van der Waals surface area contributed by atoms with E-state index in [1.165, 1.54) is 31.3 Å². The number of aryl methyl sites for hydroxylation is 1. The Morgan fingerprint density at radius 1 is 1.15 bits per heavy atom. The maximum Gasteiger partial charge on any atom is 0.398 e. The van der Waals surface area contributed by atoms with Crippen LogP contribution in [0.2, 0.25) is 0 Å². The molecule has 0 saturated carbocycles. The molecule has 0 fully saturated rings. The van der Waals surface area contributed by atoms with Gasteiger partial charge >= 0.3 is 6.18 Å². The molecule has 0 aliphatic carbocycles. The van der Waals surface area contributed by atoms with Crippen LogP contribution in [0.1, 0.15) is 40.0 Å². The first-order valence-electron chi connectivity index (χ1n) is 12.0. The van der Waals surface area contributed by atoms with Gasteiger partial charge in [-0.05, 0) is 67.9 Å². The fourth-order valence-corrected chi connectivity index (χ4v) is 4.66. The van der Waals surface area contributed by atoms with Gasteiger partial charge in [0.05, 0.1) is 11.3 Å². The minimum atomic E-state index is -4.81. The number of rotatable bonds is 6. The topological polar surface area (TPSA) is 98.7 Å². The number of nitrogens with zero attached hydrogens (tertiary/aromatic N) is 2. The van der Waals surface area contributed by atoms with Gasteiger partial charge in [0.15, 0.2) is 0 Å². The van der Waals surface area contributed by atoms with Crippen LogP contribution >= 0.6 is 0 Å². The summed E-state index contributed by atoms with van der Waals surface area (Å²) in [5.41, 5.74) is 6.20. The molecule has 39 heavy (non-hydrogen) atoms. The van der Waals surface area contributed by atoms with Crippen molar-refractivity contribution in [1.82, 2.24) is 14.7 Å². The highest BCUT2D eigenvalue weighted by atomic mass is 19.4. The van der Waals surface area contributed by atoms with Gasteiger partial charge in [-0.2, -0.15) is 13.2 Å². The smallest absolute Gasteiger partial charge is 0.398 e. The van der Waals surface area contributed by atoms with Crippen LogP contribution in [0.5, 0.6) is 5.75 Å². The number of carbonyl (C=O) groups is 2. The zero-order chi connectivity index (χ0) is 28.1. The fraction of sp³-hybridized carbons (Fsp3) is 0.250. The Labute approximate surface area is 220 Å². The molecule has 1 aromatic carbocycles. The molecule has 3 N–H and O–H groups in total. The third-order valence-electron chi connectivity index (χ3n) is 6.96. The fourth-order valence-electron chi connectivity index (χ4n) is 4.66. The molecule has 0 radical (unpaired) electrons. The van der Waals surface area contributed by atoms with Gasteiger partial charge in [-0.3, -0.25) is 9.59 Å². The van der Waals surface area contributed by atoms with E-state index in [1.807, 2.05) is 13.0 Å². The average Bonchev–Trinajstić information content (AvgIpc) is 3.42. The van der Waals surface area contributed by atoms with Gasteiger partial charge in [0.25, 0.3) is 5.91 Å². The van der Waals surface area contributed by atoms with Crippen molar-refractivity contribution in [1.29, 1.82) is 0 Å². The van der Waals surface area contributed by atoms with E-state index in [-0.39, 0.29) is 29.2 Å². The molecule has 1 aliphatic rings. The predicted octanol–water partition coefficient (Wildman–Crippen LogP) is 4.66. The number of pyridine rings is 2. The number of nitrogens with one attached hydrogen (secondary N) is 1. The molecule has 0 saturated heterocycles. The van der Waals surface area contributed by atoms with Crippen molar-refractivity contribution in [2.24, 2.45) is 5.73 Å². The first kappa shape index (κ1) is 26.2. The molecule has 0 bridgehead atoms. The van der Waals surface area contributed by atoms with Crippen molar-refractivity contribution in [3.8, 4) is 17.0 Å². The van der Waals surface area contributed by atoms with Gasteiger partial charge in [0.2, 0.25) is 5.91 Å². The number of carbonyl (C=O) groups excluding carboxylic acids is 2. The SMILES string of the molecule is Cc1cc2ccc(C(=O)NC[C@H](c3cc4c(c(-c5ccc(F)cc5)n3)OC[C@]4(C)C(N)=O)C(F)(F)F)cn2c1. The Bertz CT molecular complexity index is 1600. The van der Waals surface area contributed by atoms with E-state index in [2.05, 4.69) is 10.3 Å². The number of alkyl halides is 3. The van der Waals surface area contributed by atoms with E-state index in [9.17, 15) is 27.2 Å². The Hall–Kier alpha value is -4.41. The third-order valence-corrected chi connectivity index (χ3v) is 6.96. The number of benzene rings is 1. The Balaban J connectivity index is 1.53. The van der Waals surface area contributed by atoms with Crippen LogP contribution in [0.15, 0.2) is 60.9 Å². The van der Waals surface area contributed by atoms with Crippen molar-refractivity contribution < 1.29 is 31.9 Å². The lowest BCUT2D eigenvalue weighted by molar-refractivity contribution is -0.149. The Kier molecular flexibility index (Phi) is 6.32. The van der Waals surface area contributed by atoms with Gasteiger partial charge in [0, 0.05) is 35.6 Å². The highest BCUT2D eigenvalue weighted by Gasteiger charge is 2.47. The summed E-state index contributed by atoms with van der Waals surface area (Å²) in [5.74, 6) is -4.13. The number of halogens is 4. The molecule has 4 aromatic rings. The number of ether oxygens (including phenoxy) is 1. The lowest BCUT2D eigenvalue weighted by atomic mass is 9.82. The van der Waals surface area contributed by atoms with Crippen molar-refractivity contribution in [2.45, 2.75) is 31.4 Å². The molecule has 2 amide bonds. The minimum Gasteiger partial charge on any atom is -0.489 e. The van der Waals surface area contributed by atoms with Gasteiger partial charge in [-0.25, -0.2) is 9.37 Å². The maximum atomic E-state index is 14.4. The lowest BCUT2D eigenvalue weighted by Gasteiger charge is -2.24. The highest BCUT2D eigenvalue weighted by Crippen LogP contribution is 2.46. The first-order chi connectivity index (χ1) is 18.4. The standard InChI is InChI=1S/C28H24F4N4O3/c1-15-9-19-8-5-17(13-36(19)12-15)25(37)34-11-21(28(30,31)32)22-10-20-24(39-14-27(20,2)26(33)38)23(35-22)16-3-6-18(29)7-4-16/h3-10,12-13,21H,11,14H2,1-2H3,(H2,33,38)(H,34,37)/t21-,27+/m1/s1. The normalized spacial score (nSPS) is 17.5. The van der Waals surface area contributed by atoms with Crippen LogP contribution in [-0.2, 0) is 10.2 Å². The Morgan fingerprint density at radius 3 is 2.54 bits per heavy atom. The second-order valence-electron chi connectivity index (χ2n) is 9.84. The molecule has 1 aliphatic heterocycles. The molecule has 5 rings (SSSR count). The maximum absolute atomic E-state index is 14.4. The largest absolute Gasteiger partial charge is 0.489 e. The first-order valence-corrected chi connectivity index (χ1v) is 12.0. The minimum absolute atomic E-state index is 0.0153. The summed E-state index contributed by atoms with van der Waals surface area (Å²) in [5, 5.41) is 2.37. The number of hydrogen-bond donors (Lipinski definition) is 2. The van der Waals surface area contributed by atoms with Crippen molar-refractivity contribution in [3.63, 3.8) is 0 Å². The van der Waals surface area contributed by atoms with E-state index in [0.717, 1.165) is 29.3 Å². The number of hydrogen-bond acceptors (Lipinski definition) is 4. The average molecular weight is 541 g/mol. The van der Waals surface area contributed by atoms with E-state index in [4.69, 9.17) is 10.5 Å². The molecule has 3 aromatic heterocycles. The quantitative estimate of drug-likeness (QED) is 0.348. The summed E-state index contributed by atoms with van der Waals surface area (Å²) in [6.45, 7) is 2.36. The molecule has 202 valence electrons. The molecule has 7 nitrogen and oxygen atoms in total. The number of fused-ring (bicyclic) bond motifs is 2. The van der Waals surface area contributed by atoms with E-state index < -0.39 is 47.4 Å². The van der Waals surface area contributed by atoms with Gasteiger partial charge in [0.1, 0.15) is 35.2 Å². The van der Waals surface area contributed by atoms with E-state index in [1.54, 1.807) is 16.7 Å². The van der Waals surface area contributed by atoms with Crippen LogP contribution in [0, 0.1) is 12.7 Å². The van der Waals surface area contributed by atoms with Crippen molar-refractivity contribution >= 4 is 17.3 Å². The summed E-state index contributed by atoms with van der Waals surface area (Å²) in [4.78, 5) is 29.4. The van der Waals surface area contributed by atoms with Crippen molar-refractivity contribution in [3.05, 3.63) is 89.1 Å². The Morgan fingerprint density at radius 2 is 1.87 bits per heavy atom. The van der Waals surface area contributed by atoms with E-state index >= 15 is 0 Å². The van der Waals surface area contributed by atoms with Crippen LogP contribution in [-0.4, -0.2) is 40.5 Å². The van der Waals surface area contributed by atoms with Crippen LogP contribution in [0.3, 0.4) is 0 Å². The molecule has 11 heteroatoms. The third kappa shape index (κ3) is 4.80. The predicted molar refractivity (Wildman–Crippen MR) is 135 cm³/mol. The molecule has 4 heterocycles. The number of primary amides is 1. The zero-order valence-corrected chi connectivity index (χ0v) is 21.0. The second kappa shape index (κ2) is 9.40. The summed E-state index contributed by atoms with van der Waals surface area (Å²) in [7, 11) is 0. The second-order valence-corrected chi connectivity index (χ2v) is 9.84. The zero-order valence-electron chi connectivity index (χ0n) is 21.0. The number of nitrogens with two attached hydrogens (primary N) is 1. The lowest BCUT2D eigenvalue weighted by Crippen LogP contribution is -2.40. The molecule has 0 unspecified atom stereocenters. The van der Waals surface area contributed by atoms with Gasteiger partial charge in [-0.1, -0.05) is 0 Å². The number of amides is 2. The van der Waals surface area contributed by atoms with E-state index in [0.29, 0.717) is 5.56 Å². The summed E-state index contributed by atoms with van der Waals surface area (Å²) in [6.07, 6.45) is -1.47. The van der Waals surface area contributed by atoms with Crippen LogP contribution < -0.4 is 15.8 Å². The summed E-state index contributed by atoms with van der Waals surface area (Å²) >= 11 is 0. The molecular formula is C28H24F4N4O3. The van der Waals surface area contributed by atoms with Crippen LogP contribution in [0.25, 0.3) is 16.8 Å². The van der Waals surface area contributed by atoms with Crippen molar-refractivity contribution in [2.75, 3.05) is 13.2 Å². The highest BCUT2D eigenvalue weighted by molar-refractivity contribution is 5.94. The molecule has 0 spiro atoms. The molecular weight excluding hydrogens is 516 g/mol. The van der Waals surface area contributed by atoms with Gasteiger partial charge < -0.3 is 20.2 Å². The summed E-state index contributed by atoms with van der Waals surface area (Å²) < 4.78 is 64.2. The summed E-state index contributed by atoms with van der Waals surface area (Å²) in [6, 6.07) is 11.3. The monoisotopic (exact) mass is 540 g/mol. The number of aromatic nitrogens is 2.